The number of carbonyl (C=O) groups excluding carboxylic acids is 1. The van der Waals surface area contributed by atoms with E-state index in [1.165, 1.54) is 24.6 Å². The van der Waals surface area contributed by atoms with Crippen molar-refractivity contribution in [2.45, 2.75) is 48.3 Å². The maximum absolute atomic E-state index is 13.1. The number of anilines is 1. The van der Waals surface area contributed by atoms with Gasteiger partial charge in [-0.15, -0.1) is 11.6 Å². The Morgan fingerprint density at radius 2 is 1.84 bits per heavy atom. The first kappa shape index (κ1) is 17.6. The highest BCUT2D eigenvalue weighted by Crippen LogP contribution is 2.64. The fourth-order valence-electron chi connectivity index (χ4n) is 5.50. The van der Waals surface area contributed by atoms with Crippen molar-refractivity contribution in [3.05, 3.63) is 23.2 Å². The summed E-state index contributed by atoms with van der Waals surface area (Å²) in [6.45, 7) is 0. The second kappa shape index (κ2) is 5.61. The van der Waals surface area contributed by atoms with Crippen molar-refractivity contribution in [1.29, 1.82) is 0 Å². The van der Waals surface area contributed by atoms with Crippen LogP contribution in [0.4, 0.5) is 5.69 Å². The predicted octanol–water partition coefficient (Wildman–Crippen LogP) is 4.26. The summed E-state index contributed by atoms with van der Waals surface area (Å²) < 4.78 is 23.5. The van der Waals surface area contributed by atoms with Crippen LogP contribution in [-0.2, 0) is 14.6 Å². The lowest BCUT2D eigenvalue weighted by molar-refractivity contribution is -0.138. The highest BCUT2D eigenvalue weighted by Gasteiger charge is 2.60. The largest absolute Gasteiger partial charge is 0.324 e. The Bertz CT molecular complexity index is 838. The lowest BCUT2D eigenvalue weighted by Gasteiger charge is -2.59. The van der Waals surface area contributed by atoms with Crippen LogP contribution in [0.15, 0.2) is 23.1 Å². The number of benzene rings is 1. The second-order valence-electron chi connectivity index (χ2n) is 8.26. The number of rotatable bonds is 3. The Kier molecular flexibility index (Phi) is 3.95. The van der Waals surface area contributed by atoms with Gasteiger partial charge >= 0.3 is 0 Å². The molecule has 1 aromatic rings. The molecule has 4 saturated carbocycles. The SMILES string of the molecule is CS(=O)(=O)c1ccc(Cl)c(NC(=O)C23CC4CC(CC(Cl)(C4)C2)C3)c1. The molecule has 0 spiro atoms. The monoisotopic (exact) mass is 401 g/mol. The van der Waals surface area contributed by atoms with Crippen LogP contribution in [0.5, 0.6) is 0 Å². The van der Waals surface area contributed by atoms with Crippen LogP contribution in [0, 0.1) is 17.3 Å². The van der Waals surface area contributed by atoms with Crippen LogP contribution in [0.1, 0.15) is 38.5 Å². The number of amides is 1. The smallest absolute Gasteiger partial charge is 0.230 e. The van der Waals surface area contributed by atoms with Crippen molar-refractivity contribution in [2.75, 3.05) is 11.6 Å². The molecule has 2 unspecified atom stereocenters. The summed E-state index contributed by atoms with van der Waals surface area (Å²) in [5.74, 6) is 0.962. The fourth-order valence-corrected chi connectivity index (χ4v) is 7.01. The maximum Gasteiger partial charge on any atom is 0.230 e. The summed E-state index contributed by atoms with van der Waals surface area (Å²) in [7, 11) is -3.36. The molecule has 1 aromatic carbocycles. The van der Waals surface area contributed by atoms with Gasteiger partial charge in [-0.05, 0) is 68.6 Å². The number of hydrogen-bond acceptors (Lipinski definition) is 3. The van der Waals surface area contributed by atoms with Crippen LogP contribution >= 0.6 is 23.2 Å². The van der Waals surface area contributed by atoms with Crippen molar-refractivity contribution in [3.8, 4) is 0 Å². The standard InChI is InChI=1S/C18H21Cl2NO3S/c1-25(23,24)13-2-3-14(19)15(5-13)21-16(22)17-6-11-4-12(7-17)9-18(20,8-11)10-17/h2-3,5,11-12H,4,6-10H2,1H3,(H,21,22). The number of nitrogens with one attached hydrogen (secondary N) is 1. The third-order valence-electron chi connectivity index (χ3n) is 6.09. The molecule has 4 aliphatic carbocycles. The van der Waals surface area contributed by atoms with Crippen LogP contribution < -0.4 is 5.32 Å². The van der Waals surface area contributed by atoms with Crippen molar-refractivity contribution in [3.63, 3.8) is 0 Å². The van der Waals surface area contributed by atoms with Gasteiger partial charge in [0.2, 0.25) is 5.91 Å². The van der Waals surface area contributed by atoms with Crippen molar-refractivity contribution in [1.82, 2.24) is 0 Å². The lowest BCUT2D eigenvalue weighted by Crippen LogP contribution is -2.57. The van der Waals surface area contributed by atoms with Crippen molar-refractivity contribution in [2.24, 2.45) is 17.3 Å². The molecule has 4 aliphatic rings. The molecule has 0 aromatic heterocycles. The first-order valence-electron chi connectivity index (χ1n) is 8.59. The van der Waals surface area contributed by atoms with Gasteiger partial charge in [0.05, 0.1) is 21.0 Å². The zero-order valence-electron chi connectivity index (χ0n) is 14.0. The van der Waals surface area contributed by atoms with E-state index in [4.69, 9.17) is 23.2 Å². The van der Waals surface area contributed by atoms with Crippen molar-refractivity contribution >= 4 is 44.6 Å². The normalized spacial score (nSPS) is 36.4. The number of carbonyl (C=O) groups is 1. The van der Waals surface area contributed by atoms with Crippen LogP contribution in [0.2, 0.25) is 5.02 Å². The fraction of sp³-hybridized carbons (Fsp3) is 0.611. The third kappa shape index (κ3) is 3.08. The number of sulfone groups is 1. The van der Waals surface area contributed by atoms with E-state index in [9.17, 15) is 13.2 Å². The molecular weight excluding hydrogens is 381 g/mol. The Balaban J connectivity index is 1.63. The van der Waals surface area contributed by atoms with Gasteiger partial charge in [0.1, 0.15) is 0 Å². The first-order valence-corrected chi connectivity index (χ1v) is 11.2. The van der Waals surface area contributed by atoms with E-state index < -0.39 is 15.3 Å². The molecule has 136 valence electrons. The molecule has 4 fully saturated rings. The van der Waals surface area contributed by atoms with Crippen LogP contribution in [0.3, 0.4) is 0 Å². The first-order chi connectivity index (χ1) is 11.6. The molecule has 4 bridgehead atoms. The quantitative estimate of drug-likeness (QED) is 0.769. The molecule has 2 atom stereocenters. The minimum absolute atomic E-state index is 0.0702. The topological polar surface area (TPSA) is 63.2 Å². The average Bonchev–Trinajstić information content (AvgIpc) is 2.45. The highest BCUT2D eigenvalue weighted by atomic mass is 35.5. The Morgan fingerprint density at radius 1 is 1.20 bits per heavy atom. The lowest BCUT2D eigenvalue weighted by atomic mass is 9.49. The van der Waals surface area contributed by atoms with E-state index in [0.717, 1.165) is 31.9 Å². The summed E-state index contributed by atoms with van der Waals surface area (Å²) in [6, 6.07) is 4.40. The average molecular weight is 402 g/mol. The number of halogens is 2. The van der Waals surface area contributed by atoms with Gasteiger partial charge in [0.15, 0.2) is 9.84 Å². The Morgan fingerprint density at radius 3 is 2.40 bits per heavy atom. The van der Waals surface area contributed by atoms with Gasteiger partial charge < -0.3 is 5.32 Å². The molecule has 5 rings (SSSR count). The molecule has 0 saturated heterocycles. The van der Waals surface area contributed by atoms with E-state index in [0.29, 0.717) is 29.0 Å². The summed E-state index contributed by atoms with van der Waals surface area (Å²) in [5.41, 5.74) is -0.0926. The molecule has 1 N–H and O–H groups in total. The third-order valence-corrected chi connectivity index (χ3v) is 7.97. The molecule has 0 radical (unpaired) electrons. The molecule has 0 aliphatic heterocycles. The van der Waals surface area contributed by atoms with Crippen LogP contribution in [0.25, 0.3) is 0 Å². The van der Waals surface area contributed by atoms with Gasteiger partial charge in [-0.3, -0.25) is 4.79 Å². The van der Waals surface area contributed by atoms with Crippen LogP contribution in [-0.4, -0.2) is 25.5 Å². The second-order valence-corrected chi connectivity index (χ2v) is 11.5. The maximum atomic E-state index is 13.1. The zero-order chi connectivity index (χ0) is 18.0. The summed E-state index contributed by atoms with van der Waals surface area (Å²) >= 11 is 13.0. The van der Waals surface area contributed by atoms with E-state index in [2.05, 4.69) is 5.32 Å². The van der Waals surface area contributed by atoms with Gasteiger partial charge in [-0.2, -0.15) is 0 Å². The molecule has 25 heavy (non-hydrogen) atoms. The molecule has 7 heteroatoms. The molecular formula is C18H21Cl2NO3S. The molecule has 1 amide bonds. The predicted molar refractivity (Wildman–Crippen MR) is 98.9 cm³/mol. The van der Waals surface area contributed by atoms with E-state index in [1.807, 2.05) is 0 Å². The summed E-state index contributed by atoms with van der Waals surface area (Å²) in [6.07, 6.45) is 6.75. The van der Waals surface area contributed by atoms with Gasteiger partial charge in [0.25, 0.3) is 0 Å². The van der Waals surface area contributed by atoms with Crippen molar-refractivity contribution < 1.29 is 13.2 Å². The Hall–Kier alpha value is -0.780. The summed E-state index contributed by atoms with van der Waals surface area (Å²) in [4.78, 5) is 13.0. The Labute approximate surface area is 158 Å². The number of alkyl halides is 1. The van der Waals surface area contributed by atoms with Gasteiger partial charge in [0, 0.05) is 11.1 Å². The summed E-state index contributed by atoms with van der Waals surface area (Å²) in [5, 5.41) is 3.24. The molecule has 4 nitrogen and oxygen atoms in total. The van der Waals surface area contributed by atoms with Gasteiger partial charge in [-0.1, -0.05) is 11.6 Å². The van der Waals surface area contributed by atoms with E-state index in [1.54, 1.807) is 0 Å². The zero-order valence-corrected chi connectivity index (χ0v) is 16.3. The van der Waals surface area contributed by atoms with Gasteiger partial charge in [-0.25, -0.2) is 8.42 Å². The minimum atomic E-state index is -3.36. The van der Waals surface area contributed by atoms with E-state index >= 15 is 0 Å². The molecule has 0 heterocycles. The minimum Gasteiger partial charge on any atom is -0.324 e. The number of hydrogen-bond donors (Lipinski definition) is 1. The highest BCUT2D eigenvalue weighted by molar-refractivity contribution is 7.90. The van der Waals surface area contributed by atoms with E-state index in [-0.39, 0.29) is 15.7 Å².